The maximum atomic E-state index is 13.3. The molecule has 10 heteroatoms. The molecule has 10 nitrogen and oxygen atoms in total. The lowest BCUT2D eigenvalue weighted by molar-refractivity contribution is -0.138. The molecule has 51 heavy (non-hydrogen) atoms. The highest BCUT2D eigenvalue weighted by molar-refractivity contribution is 5.96. The lowest BCUT2D eigenvalue weighted by Gasteiger charge is -2.19. The molecular weight excluding hydrogens is 650 g/mol. The second-order valence-electron chi connectivity index (χ2n) is 12.4. The SMILES string of the molecule is O=C(O)CCCOc1cccc(CCCCCCOc2cc(C(=O)NCc3ccccc3)cc(-c3ccc4c(c3)OCCO4)c2)c1CCC(=O)O. The number of hydrogen-bond acceptors (Lipinski definition) is 7. The Balaban J connectivity index is 1.17. The number of ether oxygens (including phenoxy) is 4. The van der Waals surface area contributed by atoms with Crippen LogP contribution in [0.2, 0.25) is 0 Å². The van der Waals surface area contributed by atoms with E-state index in [0.717, 1.165) is 59.9 Å². The minimum Gasteiger partial charge on any atom is -0.494 e. The number of unbranched alkanes of at least 4 members (excludes halogenated alkanes) is 3. The van der Waals surface area contributed by atoms with Crippen LogP contribution in [-0.2, 0) is 29.0 Å². The fraction of sp³-hybridized carbons (Fsp3) is 0.341. The van der Waals surface area contributed by atoms with Gasteiger partial charge in [-0.25, -0.2) is 0 Å². The summed E-state index contributed by atoms with van der Waals surface area (Å²) in [5.41, 5.74) is 5.16. The standard InChI is InChI=1S/C41H45NO9/c43-39(44)15-9-21-49-36-14-8-13-30(35(36)17-19-40(45)46)12-6-1-2-7-20-48-34-25-32(31-16-18-37-38(27-31)51-23-22-50-37)24-33(26-34)41(47)42-28-29-10-4-3-5-11-29/h3-5,8,10-11,13-14,16,18,24-27H,1-2,6-7,9,12,15,17,19-23,28H2,(H,42,47)(H,43,44)(H,45,46). The zero-order chi connectivity index (χ0) is 35.8. The zero-order valence-corrected chi connectivity index (χ0v) is 28.7. The van der Waals surface area contributed by atoms with E-state index in [1.165, 1.54) is 0 Å². The van der Waals surface area contributed by atoms with Crippen LogP contribution in [-0.4, -0.2) is 54.5 Å². The first-order valence-electron chi connectivity index (χ1n) is 17.5. The van der Waals surface area contributed by atoms with E-state index in [0.29, 0.717) is 67.8 Å². The monoisotopic (exact) mass is 695 g/mol. The molecule has 0 fully saturated rings. The predicted octanol–water partition coefficient (Wildman–Crippen LogP) is 7.50. The Hall–Kier alpha value is -5.51. The third-order valence-electron chi connectivity index (χ3n) is 8.56. The normalized spacial score (nSPS) is 11.8. The van der Waals surface area contributed by atoms with E-state index in [1.807, 2.05) is 78.9 Å². The summed E-state index contributed by atoms with van der Waals surface area (Å²) < 4.78 is 23.6. The summed E-state index contributed by atoms with van der Waals surface area (Å²) >= 11 is 0. The highest BCUT2D eigenvalue weighted by Gasteiger charge is 2.16. The molecule has 1 aliphatic rings. The van der Waals surface area contributed by atoms with Gasteiger partial charge in [0.1, 0.15) is 24.7 Å². The number of carboxylic acid groups (broad SMARTS) is 2. The molecule has 0 spiro atoms. The van der Waals surface area contributed by atoms with Crippen molar-refractivity contribution in [1.82, 2.24) is 5.32 Å². The Morgan fingerprint density at radius 3 is 2.24 bits per heavy atom. The average molecular weight is 696 g/mol. The van der Waals surface area contributed by atoms with Crippen molar-refractivity contribution in [2.24, 2.45) is 0 Å². The molecule has 0 saturated carbocycles. The molecule has 0 aromatic heterocycles. The second-order valence-corrected chi connectivity index (χ2v) is 12.4. The summed E-state index contributed by atoms with van der Waals surface area (Å²) in [7, 11) is 0. The number of carbonyl (C=O) groups is 3. The fourth-order valence-electron chi connectivity index (χ4n) is 5.95. The van der Waals surface area contributed by atoms with Gasteiger partial charge in [0.25, 0.3) is 5.91 Å². The molecule has 0 aliphatic carbocycles. The summed E-state index contributed by atoms with van der Waals surface area (Å²) in [6.07, 6.45) is 5.14. The van der Waals surface area contributed by atoms with E-state index in [1.54, 1.807) is 6.07 Å². The fourth-order valence-corrected chi connectivity index (χ4v) is 5.95. The van der Waals surface area contributed by atoms with Gasteiger partial charge in [-0.2, -0.15) is 0 Å². The maximum Gasteiger partial charge on any atom is 0.303 e. The van der Waals surface area contributed by atoms with Crippen LogP contribution < -0.4 is 24.3 Å². The quantitative estimate of drug-likeness (QED) is 0.0802. The van der Waals surface area contributed by atoms with Gasteiger partial charge >= 0.3 is 11.9 Å². The number of aryl methyl sites for hydroxylation is 1. The minimum absolute atomic E-state index is 0.00783. The number of aliphatic carboxylic acids is 2. The number of benzene rings is 4. The molecule has 0 atom stereocenters. The Labute approximate surface area is 298 Å². The molecule has 0 radical (unpaired) electrons. The van der Waals surface area contributed by atoms with Gasteiger partial charge in [-0.1, -0.05) is 61.4 Å². The zero-order valence-electron chi connectivity index (χ0n) is 28.7. The summed E-state index contributed by atoms with van der Waals surface area (Å²) in [5.74, 6) is 0.655. The number of amides is 1. The van der Waals surface area contributed by atoms with Gasteiger partial charge in [-0.05, 0) is 96.3 Å². The lowest BCUT2D eigenvalue weighted by Crippen LogP contribution is -2.22. The van der Waals surface area contributed by atoms with Crippen LogP contribution in [0.15, 0.2) is 84.9 Å². The van der Waals surface area contributed by atoms with Crippen LogP contribution in [0.5, 0.6) is 23.0 Å². The van der Waals surface area contributed by atoms with Gasteiger partial charge in [0.05, 0.1) is 13.2 Å². The summed E-state index contributed by atoms with van der Waals surface area (Å²) in [4.78, 5) is 35.5. The van der Waals surface area contributed by atoms with Crippen molar-refractivity contribution in [3.05, 3.63) is 107 Å². The first-order valence-corrected chi connectivity index (χ1v) is 17.5. The third kappa shape index (κ3) is 11.5. The Bertz CT molecular complexity index is 1770. The Morgan fingerprint density at radius 2 is 1.43 bits per heavy atom. The topological polar surface area (TPSA) is 141 Å². The van der Waals surface area contributed by atoms with E-state index in [4.69, 9.17) is 24.1 Å². The second kappa shape index (κ2) is 19.0. The number of hydrogen-bond donors (Lipinski definition) is 3. The maximum absolute atomic E-state index is 13.3. The molecule has 4 aromatic rings. The highest BCUT2D eigenvalue weighted by atomic mass is 16.6. The van der Waals surface area contributed by atoms with Gasteiger partial charge in [0.2, 0.25) is 0 Å². The molecule has 0 unspecified atom stereocenters. The number of carboxylic acids is 2. The predicted molar refractivity (Wildman–Crippen MR) is 193 cm³/mol. The molecule has 1 heterocycles. The smallest absolute Gasteiger partial charge is 0.303 e. The highest BCUT2D eigenvalue weighted by Crippen LogP contribution is 2.36. The van der Waals surface area contributed by atoms with Crippen LogP contribution in [0.3, 0.4) is 0 Å². The Morgan fingerprint density at radius 1 is 0.667 bits per heavy atom. The largest absolute Gasteiger partial charge is 0.494 e. The van der Waals surface area contributed by atoms with E-state index in [-0.39, 0.29) is 25.4 Å². The first kappa shape index (κ1) is 36.8. The number of fused-ring (bicyclic) bond motifs is 1. The summed E-state index contributed by atoms with van der Waals surface area (Å²) in [6, 6.07) is 26.8. The molecule has 1 amide bonds. The van der Waals surface area contributed by atoms with Gasteiger partial charge in [0, 0.05) is 24.9 Å². The van der Waals surface area contributed by atoms with Crippen LogP contribution in [0.1, 0.15) is 72.0 Å². The van der Waals surface area contributed by atoms with E-state index < -0.39 is 11.9 Å². The van der Waals surface area contributed by atoms with E-state index in [2.05, 4.69) is 5.32 Å². The molecule has 1 aliphatic heterocycles. The minimum atomic E-state index is -0.876. The van der Waals surface area contributed by atoms with Gasteiger partial charge < -0.3 is 34.5 Å². The van der Waals surface area contributed by atoms with Crippen molar-refractivity contribution in [1.29, 1.82) is 0 Å². The number of rotatable bonds is 20. The van der Waals surface area contributed by atoms with Crippen LogP contribution in [0.4, 0.5) is 0 Å². The first-order chi connectivity index (χ1) is 24.9. The molecule has 3 N–H and O–H groups in total. The third-order valence-corrected chi connectivity index (χ3v) is 8.56. The Kier molecular flexibility index (Phi) is 13.7. The number of carbonyl (C=O) groups excluding carboxylic acids is 1. The van der Waals surface area contributed by atoms with Crippen molar-refractivity contribution in [2.45, 2.75) is 64.3 Å². The van der Waals surface area contributed by atoms with Gasteiger partial charge in [0.15, 0.2) is 11.5 Å². The van der Waals surface area contributed by atoms with Gasteiger partial charge in [-0.3, -0.25) is 14.4 Å². The number of nitrogens with one attached hydrogen (secondary N) is 1. The van der Waals surface area contributed by atoms with Crippen molar-refractivity contribution in [3.63, 3.8) is 0 Å². The molecule has 268 valence electrons. The molecule has 4 aromatic carbocycles. The average Bonchev–Trinajstić information content (AvgIpc) is 3.14. The van der Waals surface area contributed by atoms with Crippen LogP contribution in [0, 0.1) is 0 Å². The van der Waals surface area contributed by atoms with Crippen molar-refractivity contribution < 1.29 is 43.5 Å². The molecule has 5 rings (SSSR count). The molecule has 0 bridgehead atoms. The summed E-state index contributed by atoms with van der Waals surface area (Å²) in [5, 5.41) is 21.2. The van der Waals surface area contributed by atoms with Gasteiger partial charge in [-0.15, -0.1) is 0 Å². The lowest BCUT2D eigenvalue weighted by atomic mass is 9.97. The molecular formula is C41H45NO9. The van der Waals surface area contributed by atoms with E-state index in [9.17, 15) is 19.5 Å². The van der Waals surface area contributed by atoms with Crippen molar-refractivity contribution >= 4 is 17.8 Å². The van der Waals surface area contributed by atoms with E-state index >= 15 is 0 Å². The van der Waals surface area contributed by atoms with Crippen LogP contribution >= 0.6 is 0 Å². The van der Waals surface area contributed by atoms with Crippen molar-refractivity contribution in [2.75, 3.05) is 26.4 Å². The van der Waals surface area contributed by atoms with Crippen LogP contribution in [0.25, 0.3) is 11.1 Å². The molecule has 0 saturated heterocycles. The summed E-state index contributed by atoms with van der Waals surface area (Å²) in [6.45, 7) is 2.15. The van der Waals surface area contributed by atoms with Crippen molar-refractivity contribution in [3.8, 4) is 34.1 Å².